The molecular weight excluding hydrogens is 280 g/mol. The number of hydrogen-bond acceptors (Lipinski definition) is 4. The van der Waals surface area contributed by atoms with Crippen molar-refractivity contribution in [3.8, 4) is 22.6 Å². The van der Waals surface area contributed by atoms with Gasteiger partial charge in [0.15, 0.2) is 0 Å². The van der Waals surface area contributed by atoms with Crippen LogP contribution in [0.15, 0.2) is 23.1 Å². The molecule has 0 spiro atoms. The lowest BCUT2D eigenvalue weighted by molar-refractivity contribution is 0.398. The summed E-state index contributed by atoms with van der Waals surface area (Å²) in [7, 11) is 4.95. The topological polar surface area (TPSA) is 66.5 Å². The van der Waals surface area contributed by atoms with Gasteiger partial charge < -0.3 is 19.8 Å². The minimum atomic E-state index is 0.102. The van der Waals surface area contributed by atoms with Crippen LogP contribution in [0.3, 0.4) is 0 Å². The Morgan fingerprint density at radius 2 is 1.68 bits per heavy atom. The molecule has 1 aromatic heterocycles. The first-order valence-corrected chi connectivity index (χ1v) is 7.30. The van der Waals surface area contributed by atoms with Crippen LogP contribution in [-0.2, 0) is 19.9 Å². The van der Waals surface area contributed by atoms with E-state index in [0.717, 1.165) is 41.5 Å². The largest absolute Gasteiger partial charge is 0.494 e. The zero-order valence-corrected chi connectivity index (χ0v) is 13.1. The van der Waals surface area contributed by atoms with Crippen molar-refractivity contribution < 1.29 is 9.47 Å². The summed E-state index contributed by atoms with van der Waals surface area (Å²) in [5.41, 5.74) is 10.7. The van der Waals surface area contributed by atoms with Crippen molar-refractivity contribution in [1.29, 1.82) is 0 Å². The first-order chi connectivity index (χ1) is 10.6. The van der Waals surface area contributed by atoms with E-state index in [1.807, 2.05) is 18.3 Å². The van der Waals surface area contributed by atoms with E-state index in [1.54, 1.807) is 25.8 Å². The number of benzene rings is 1. The number of nitrogens with zero attached hydrogens (tertiary/aromatic N) is 1. The third-order valence-electron chi connectivity index (χ3n) is 4.30. The summed E-state index contributed by atoms with van der Waals surface area (Å²) in [5.74, 6) is 1.16. The average Bonchev–Trinajstić information content (AvgIpc) is 3.01. The fourth-order valence-corrected chi connectivity index (χ4v) is 3.16. The van der Waals surface area contributed by atoms with Crippen LogP contribution in [0.5, 0.6) is 11.5 Å². The molecule has 0 amide bonds. The molecule has 0 atom stereocenters. The van der Waals surface area contributed by atoms with E-state index in [0.29, 0.717) is 17.2 Å². The fraction of sp³-hybridized carbons (Fsp3) is 0.353. The van der Waals surface area contributed by atoms with Gasteiger partial charge in [-0.15, -0.1) is 0 Å². The number of aromatic nitrogens is 1. The first-order valence-electron chi connectivity index (χ1n) is 7.30. The van der Waals surface area contributed by atoms with Gasteiger partial charge in [-0.05, 0) is 42.5 Å². The number of rotatable bonds is 3. The Bertz CT molecular complexity index is 768. The summed E-state index contributed by atoms with van der Waals surface area (Å²) in [6.45, 7) is 0. The molecule has 0 unspecified atom stereocenters. The molecule has 3 rings (SSSR count). The molecule has 5 nitrogen and oxygen atoms in total. The van der Waals surface area contributed by atoms with Crippen LogP contribution in [0.4, 0.5) is 5.69 Å². The molecule has 22 heavy (non-hydrogen) atoms. The van der Waals surface area contributed by atoms with Crippen LogP contribution < -0.4 is 20.8 Å². The molecule has 0 aliphatic heterocycles. The normalized spacial score (nSPS) is 13.0. The zero-order chi connectivity index (χ0) is 15.9. The average molecular weight is 300 g/mol. The van der Waals surface area contributed by atoms with Gasteiger partial charge in [-0.2, -0.15) is 0 Å². The highest BCUT2D eigenvalue weighted by Crippen LogP contribution is 2.39. The number of aryl methyl sites for hydroxylation is 1. The van der Waals surface area contributed by atoms with Gasteiger partial charge in [-0.3, -0.25) is 4.79 Å². The quantitative estimate of drug-likeness (QED) is 0.882. The van der Waals surface area contributed by atoms with Gasteiger partial charge in [0.1, 0.15) is 17.2 Å². The number of nitrogen functional groups attached to an aromatic ring is 1. The molecule has 116 valence electrons. The summed E-state index contributed by atoms with van der Waals surface area (Å²) in [6.07, 6.45) is 4.68. The second kappa shape index (κ2) is 5.40. The van der Waals surface area contributed by atoms with Crippen molar-refractivity contribution in [2.75, 3.05) is 20.0 Å². The standard InChI is InChI=1S/C17H20N2O3/c1-19-9-13(11-5-4-6-12(11)17(19)20)10-7-14(21-2)16(18)15(8-10)22-3/h7-9H,4-6,18H2,1-3H3. The number of pyridine rings is 1. The molecule has 2 aromatic rings. The third kappa shape index (κ3) is 2.13. The molecule has 0 saturated carbocycles. The Morgan fingerprint density at radius 1 is 1.09 bits per heavy atom. The van der Waals surface area contributed by atoms with Crippen molar-refractivity contribution in [3.63, 3.8) is 0 Å². The summed E-state index contributed by atoms with van der Waals surface area (Å²) >= 11 is 0. The van der Waals surface area contributed by atoms with E-state index >= 15 is 0 Å². The Kier molecular flexibility index (Phi) is 3.56. The van der Waals surface area contributed by atoms with Gasteiger partial charge in [0, 0.05) is 24.4 Å². The van der Waals surface area contributed by atoms with Gasteiger partial charge in [0.2, 0.25) is 0 Å². The molecule has 0 saturated heterocycles. The lowest BCUT2D eigenvalue weighted by Gasteiger charge is -2.15. The molecular formula is C17H20N2O3. The molecule has 1 aliphatic rings. The molecule has 5 heteroatoms. The molecule has 0 radical (unpaired) electrons. The Hall–Kier alpha value is -2.43. The van der Waals surface area contributed by atoms with Crippen LogP contribution in [-0.4, -0.2) is 18.8 Å². The number of anilines is 1. The third-order valence-corrected chi connectivity index (χ3v) is 4.30. The van der Waals surface area contributed by atoms with E-state index in [2.05, 4.69) is 0 Å². The summed E-state index contributed by atoms with van der Waals surface area (Å²) in [4.78, 5) is 12.2. The monoisotopic (exact) mass is 300 g/mol. The van der Waals surface area contributed by atoms with Gasteiger partial charge in [-0.25, -0.2) is 0 Å². The van der Waals surface area contributed by atoms with Crippen LogP contribution in [0.2, 0.25) is 0 Å². The first kappa shape index (κ1) is 14.5. The maximum absolute atomic E-state index is 12.2. The van der Waals surface area contributed by atoms with Crippen LogP contribution >= 0.6 is 0 Å². The molecule has 0 bridgehead atoms. The maximum Gasteiger partial charge on any atom is 0.253 e. The lowest BCUT2D eigenvalue weighted by atomic mass is 9.98. The van der Waals surface area contributed by atoms with E-state index < -0.39 is 0 Å². The molecule has 1 aliphatic carbocycles. The second-order valence-corrected chi connectivity index (χ2v) is 5.56. The fourth-order valence-electron chi connectivity index (χ4n) is 3.16. The van der Waals surface area contributed by atoms with Crippen LogP contribution in [0, 0.1) is 0 Å². The molecule has 0 fully saturated rings. The summed E-state index contributed by atoms with van der Waals surface area (Å²) < 4.78 is 12.3. The van der Waals surface area contributed by atoms with Crippen LogP contribution in [0.25, 0.3) is 11.1 Å². The number of ether oxygens (including phenoxy) is 2. The predicted molar refractivity (Wildman–Crippen MR) is 86.7 cm³/mol. The smallest absolute Gasteiger partial charge is 0.253 e. The highest BCUT2D eigenvalue weighted by atomic mass is 16.5. The van der Waals surface area contributed by atoms with Gasteiger partial charge in [-0.1, -0.05) is 0 Å². The van der Waals surface area contributed by atoms with Crippen LogP contribution in [0.1, 0.15) is 17.5 Å². The predicted octanol–water partition coefficient (Wildman–Crippen LogP) is 2.14. The SMILES string of the molecule is COc1cc(-c2cn(C)c(=O)c3c2CCC3)cc(OC)c1N. The lowest BCUT2D eigenvalue weighted by Crippen LogP contribution is -2.21. The van der Waals surface area contributed by atoms with Gasteiger partial charge in [0.25, 0.3) is 5.56 Å². The van der Waals surface area contributed by atoms with Crippen molar-refractivity contribution in [1.82, 2.24) is 4.57 Å². The Morgan fingerprint density at radius 3 is 2.27 bits per heavy atom. The minimum absolute atomic E-state index is 0.102. The second-order valence-electron chi connectivity index (χ2n) is 5.56. The molecule has 2 N–H and O–H groups in total. The number of hydrogen-bond donors (Lipinski definition) is 1. The highest BCUT2D eigenvalue weighted by molar-refractivity contribution is 5.77. The maximum atomic E-state index is 12.2. The Labute approximate surface area is 129 Å². The van der Waals surface area contributed by atoms with E-state index in [4.69, 9.17) is 15.2 Å². The summed E-state index contributed by atoms with van der Waals surface area (Å²) in [5, 5.41) is 0. The number of fused-ring (bicyclic) bond motifs is 1. The highest BCUT2D eigenvalue weighted by Gasteiger charge is 2.21. The minimum Gasteiger partial charge on any atom is -0.494 e. The van der Waals surface area contributed by atoms with Gasteiger partial charge >= 0.3 is 0 Å². The zero-order valence-electron chi connectivity index (χ0n) is 13.1. The van der Waals surface area contributed by atoms with Crippen molar-refractivity contribution in [2.24, 2.45) is 7.05 Å². The Balaban J connectivity index is 2.27. The van der Waals surface area contributed by atoms with Crippen molar-refractivity contribution >= 4 is 5.69 Å². The van der Waals surface area contributed by atoms with Crippen molar-refractivity contribution in [3.05, 3.63) is 39.8 Å². The number of methoxy groups -OCH3 is 2. The van der Waals surface area contributed by atoms with Gasteiger partial charge in [0.05, 0.1) is 14.2 Å². The van der Waals surface area contributed by atoms with E-state index in [-0.39, 0.29) is 5.56 Å². The number of nitrogens with two attached hydrogens (primary N) is 1. The summed E-state index contributed by atoms with van der Waals surface area (Å²) in [6, 6.07) is 3.80. The molecule has 1 aromatic carbocycles. The van der Waals surface area contributed by atoms with E-state index in [9.17, 15) is 4.79 Å². The molecule has 1 heterocycles. The van der Waals surface area contributed by atoms with Crippen molar-refractivity contribution in [2.45, 2.75) is 19.3 Å². The van der Waals surface area contributed by atoms with E-state index in [1.165, 1.54) is 0 Å².